The number of allylic oxidation sites excluding steroid dienone is 4. The van der Waals surface area contributed by atoms with Crippen molar-refractivity contribution in [3.63, 3.8) is 0 Å². The summed E-state index contributed by atoms with van der Waals surface area (Å²) in [5.41, 5.74) is -1.29. The Labute approximate surface area is 213 Å². The number of hydrogen-bond donors (Lipinski definition) is 3. The lowest BCUT2D eigenvalue weighted by molar-refractivity contribution is -0.123. The Morgan fingerprint density at radius 2 is 1.92 bits per heavy atom. The highest BCUT2D eigenvalue weighted by molar-refractivity contribution is 6.31. The van der Waals surface area contributed by atoms with Crippen molar-refractivity contribution in [2.75, 3.05) is 20.3 Å². The number of hydrogen-bond acceptors (Lipinski definition) is 11. The topological polar surface area (TPSA) is 161 Å². The van der Waals surface area contributed by atoms with Crippen molar-refractivity contribution in [1.82, 2.24) is 15.5 Å². The van der Waals surface area contributed by atoms with E-state index in [0.29, 0.717) is 49.8 Å². The highest BCUT2D eigenvalue weighted by Gasteiger charge is 2.56. The summed E-state index contributed by atoms with van der Waals surface area (Å²) >= 11 is 0. The van der Waals surface area contributed by atoms with Crippen molar-refractivity contribution in [2.45, 2.75) is 52.4 Å². The lowest BCUT2D eigenvalue weighted by Crippen LogP contribution is -2.41. The van der Waals surface area contributed by atoms with Gasteiger partial charge in [0.2, 0.25) is 5.89 Å². The molecule has 2 aliphatic rings. The molecule has 0 saturated heterocycles. The number of aromatic hydroxyl groups is 2. The molecule has 0 fully saturated rings. The Kier molecular flexibility index (Phi) is 6.92. The number of carbonyl (C=O) groups is 3. The summed E-state index contributed by atoms with van der Waals surface area (Å²) in [5.74, 6) is -1.48. The standard InChI is InChI=1S/C26H29N3O8/c1-12-22(32)20(14(3)30)24-21(23(12)33)26(4)16(36-24)11-15(31)19(25(26)34)13(2)27-9-6-7-18-28-17(29-37-18)8-10-35-5/h11,27,32-33H,6-10H2,1-5H3/b19-13+. The summed E-state index contributed by atoms with van der Waals surface area (Å²) < 4.78 is 16.0. The number of nitrogens with one attached hydrogen (secondary N) is 1. The van der Waals surface area contributed by atoms with E-state index in [2.05, 4.69) is 15.5 Å². The van der Waals surface area contributed by atoms with Gasteiger partial charge < -0.3 is 29.5 Å². The predicted octanol–water partition coefficient (Wildman–Crippen LogP) is 2.36. The molecular weight excluding hydrogens is 482 g/mol. The van der Waals surface area contributed by atoms with Gasteiger partial charge in [0.1, 0.15) is 34.0 Å². The second-order valence-corrected chi connectivity index (χ2v) is 9.26. The van der Waals surface area contributed by atoms with Gasteiger partial charge in [0, 0.05) is 43.8 Å². The van der Waals surface area contributed by atoms with Crippen LogP contribution < -0.4 is 10.1 Å². The van der Waals surface area contributed by atoms with E-state index < -0.39 is 28.5 Å². The molecule has 1 aliphatic carbocycles. The first-order chi connectivity index (χ1) is 17.5. The molecule has 3 N–H and O–H groups in total. The van der Waals surface area contributed by atoms with Gasteiger partial charge in [-0.1, -0.05) is 5.16 Å². The molecule has 1 unspecified atom stereocenters. The Morgan fingerprint density at radius 1 is 1.19 bits per heavy atom. The molecule has 1 atom stereocenters. The number of methoxy groups -OCH3 is 1. The van der Waals surface area contributed by atoms with Gasteiger partial charge in [0.15, 0.2) is 23.2 Å². The van der Waals surface area contributed by atoms with Crippen molar-refractivity contribution in [2.24, 2.45) is 0 Å². The Bertz CT molecular complexity index is 1370. The fourth-order valence-electron chi connectivity index (χ4n) is 4.65. The van der Waals surface area contributed by atoms with Crippen molar-refractivity contribution in [1.29, 1.82) is 0 Å². The summed E-state index contributed by atoms with van der Waals surface area (Å²) in [6, 6.07) is 0. The molecule has 1 aromatic heterocycles. The van der Waals surface area contributed by atoms with Gasteiger partial charge in [-0.05, 0) is 34.1 Å². The fourth-order valence-corrected chi connectivity index (χ4v) is 4.65. The number of carbonyl (C=O) groups excluding carboxylic acids is 3. The van der Waals surface area contributed by atoms with E-state index >= 15 is 0 Å². The largest absolute Gasteiger partial charge is 0.507 e. The number of aryl methyl sites for hydroxylation is 1. The molecule has 0 spiro atoms. The van der Waals surface area contributed by atoms with Gasteiger partial charge in [-0.25, -0.2) is 0 Å². The van der Waals surface area contributed by atoms with Crippen molar-refractivity contribution in [3.05, 3.63) is 51.5 Å². The maximum absolute atomic E-state index is 13.8. The summed E-state index contributed by atoms with van der Waals surface area (Å²) in [7, 11) is 1.60. The van der Waals surface area contributed by atoms with Gasteiger partial charge in [0.25, 0.3) is 0 Å². The first-order valence-corrected chi connectivity index (χ1v) is 11.9. The summed E-state index contributed by atoms with van der Waals surface area (Å²) in [4.78, 5) is 43.3. The zero-order chi connectivity index (χ0) is 27.1. The highest BCUT2D eigenvalue weighted by atomic mass is 16.5. The number of phenolic OH excluding ortho intramolecular Hbond substituents is 2. The fraction of sp³-hybridized carbons (Fsp3) is 0.423. The molecule has 1 aromatic carbocycles. The second-order valence-electron chi connectivity index (χ2n) is 9.26. The second kappa shape index (κ2) is 9.81. The van der Waals surface area contributed by atoms with E-state index in [0.717, 1.165) is 0 Å². The molecule has 0 radical (unpaired) electrons. The van der Waals surface area contributed by atoms with Crippen LogP contribution in [0.15, 0.2) is 27.6 Å². The third-order valence-corrected chi connectivity index (χ3v) is 6.76. The first-order valence-electron chi connectivity index (χ1n) is 11.9. The number of Topliss-reactive ketones (excluding diaryl/α,β-unsaturated/α-hetero) is 2. The average Bonchev–Trinajstić information content (AvgIpc) is 3.41. The lowest BCUT2D eigenvalue weighted by Gasteiger charge is -2.29. The van der Waals surface area contributed by atoms with Crippen LogP contribution in [0.2, 0.25) is 0 Å². The van der Waals surface area contributed by atoms with Crippen LogP contribution in [-0.2, 0) is 32.6 Å². The molecule has 0 bridgehead atoms. The van der Waals surface area contributed by atoms with E-state index in [4.69, 9.17) is 14.0 Å². The summed E-state index contributed by atoms with van der Waals surface area (Å²) in [6.07, 6.45) is 2.85. The summed E-state index contributed by atoms with van der Waals surface area (Å²) in [5, 5.41) is 28.3. The van der Waals surface area contributed by atoms with Crippen LogP contribution in [0.25, 0.3) is 0 Å². The first kappa shape index (κ1) is 26.1. The average molecular weight is 512 g/mol. The minimum absolute atomic E-state index is 0.00230. The van der Waals surface area contributed by atoms with Crippen LogP contribution in [0.3, 0.4) is 0 Å². The molecule has 0 amide bonds. The van der Waals surface area contributed by atoms with Crippen molar-refractivity contribution >= 4 is 17.3 Å². The monoisotopic (exact) mass is 511 g/mol. The number of aromatic nitrogens is 2. The molecule has 11 nitrogen and oxygen atoms in total. The van der Waals surface area contributed by atoms with E-state index in [1.165, 1.54) is 26.8 Å². The number of benzene rings is 1. The van der Waals surface area contributed by atoms with Gasteiger partial charge in [-0.15, -0.1) is 0 Å². The van der Waals surface area contributed by atoms with Crippen LogP contribution in [0.1, 0.15) is 60.4 Å². The molecule has 0 saturated carbocycles. The highest BCUT2D eigenvalue weighted by Crippen LogP contribution is 2.57. The molecule has 2 heterocycles. The molecular formula is C26H29N3O8. The van der Waals surface area contributed by atoms with E-state index in [1.807, 2.05) is 0 Å². The SMILES string of the molecule is COCCc1noc(CCCN/C(C)=C2\C(=O)C=C3Oc4c(C(C)=O)c(O)c(C)c(O)c4C3(C)C2=O)n1. The van der Waals surface area contributed by atoms with Gasteiger partial charge in [-0.2, -0.15) is 4.98 Å². The Morgan fingerprint density at radius 3 is 2.59 bits per heavy atom. The Hall–Kier alpha value is -3.99. The number of ether oxygens (including phenoxy) is 2. The minimum Gasteiger partial charge on any atom is -0.507 e. The minimum atomic E-state index is -1.55. The normalized spacial score (nSPS) is 19.8. The van der Waals surface area contributed by atoms with Crippen LogP contribution in [0.4, 0.5) is 0 Å². The number of rotatable bonds is 9. The van der Waals surface area contributed by atoms with Crippen LogP contribution >= 0.6 is 0 Å². The Balaban J connectivity index is 1.57. The molecule has 196 valence electrons. The smallest absolute Gasteiger partial charge is 0.226 e. The molecule has 1 aliphatic heterocycles. The third kappa shape index (κ3) is 4.29. The number of phenols is 2. The summed E-state index contributed by atoms with van der Waals surface area (Å²) in [6.45, 7) is 6.77. The van der Waals surface area contributed by atoms with Gasteiger partial charge in [0.05, 0.1) is 17.7 Å². The number of fused-ring (bicyclic) bond motifs is 3. The van der Waals surface area contributed by atoms with Gasteiger partial charge in [-0.3, -0.25) is 14.4 Å². The molecule has 37 heavy (non-hydrogen) atoms. The maximum Gasteiger partial charge on any atom is 0.226 e. The van der Waals surface area contributed by atoms with E-state index in [1.54, 1.807) is 14.0 Å². The number of nitrogens with zero attached hydrogens (tertiary/aromatic N) is 2. The van der Waals surface area contributed by atoms with Crippen molar-refractivity contribution in [3.8, 4) is 17.2 Å². The zero-order valence-corrected chi connectivity index (χ0v) is 21.4. The third-order valence-electron chi connectivity index (χ3n) is 6.76. The van der Waals surface area contributed by atoms with Gasteiger partial charge >= 0.3 is 0 Å². The van der Waals surface area contributed by atoms with Crippen LogP contribution in [-0.4, -0.2) is 58.0 Å². The zero-order valence-electron chi connectivity index (χ0n) is 21.4. The lowest BCUT2D eigenvalue weighted by atomic mass is 9.70. The molecule has 4 rings (SSSR count). The molecule has 2 aromatic rings. The maximum atomic E-state index is 13.8. The van der Waals surface area contributed by atoms with Crippen molar-refractivity contribution < 1.29 is 38.6 Å². The van der Waals surface area contributed by atoms with E-state index in [9.17, 15) is 24.6 Å². The predicted molar refractivity (Wildman–Crippen MR) is 129 cm³/mol. The van der Waals surface area contributed by atoms with Crippen LogP contribution in [0, 0.1) is 6.92 Å². The van der Waals surface area contributed by atoms with E-state index in [-0.39, 0.29) is 39.5 Å². The molecule has 11 heteroatoms. The quantitative estimate of drug-likeness (QED) is 0.196. The number of ketones is 3. The van der Waals surface area contributed by atoms with Crippen LogP contribution in [0.5, 0.6) is 17.2 Å².